The van der Waals surface area contributed by atoms with Crippen LogP contribution in [0.2, 0.25) is 0 Å². The molecule has 0 radical (unpaired) electrons. The van der Waals surface area contributed by atoms with Gasteiger partial charge in [-0.3, -0.25) is 0 Å². The molecular formula is C8H12Br4. The molecule has 4 heteroatoms. The number of hydrogen-bond acceptors (Lipinski definition) is 0. The van der Waals surface area contributed by atoms with E-state index in [0.29, 0.717) is 14.5 Å². The van der Waals surface area contributed by atoms with Crippen molar-refractivity contribution in [3.63, 3.8) is 0 Å². The zero-order chi connectivity index (χ0) is 9.14. The number of hydrogen-bond donors (Lipinski definition) is 0. The van der Waals surface area contributed by atoms with Gasteiger partial charge in [0.25, 0.3) is 0 Å². The monoisotopic (exact) mass is 424 g/mol. The second-order valence-corrected chi connectivity index (χ2v) is 7.45. The van der Waals surface area contributed by atoms with Crippen LogP contribution in [0.4, 0.5) is 0 Å². The van der Waals surface area contributed by atoms with Crippen molar-refractivity contribution in [2.45, 2.75) is 33.7 Å². The van der Waals surface area contributed by atoms with Crippen LogP contribution >= 0.6 is 63.7 Å². The summed E-state index contributed by atoms with van der Waals surface area (Å²) in [4.78, 5) is 1.96. The number of rotatable bonds is 2. The van der Waals surface area contributed by atoms with E-state index in [1.807, 2.05) is 0 Å². The first kappa shape index (κ1) is 12.0. The summed E-state index contributed by atoms with van der Waals surface area (Å²) in [5.74, 6) is 0.822. The molecule has 1 aliphatic rings. The first-order valence-corrected chi connectivity index (χ1v) is 8.00. The molecule has 1 fully saturated rings. The van der Waals surface area contributed by atoms with Gasteiger partial charge in [-0.15, -0.1) is 0 Å². The van der Waals surface area contributed by atoms with Gasteiger partial charge in [0, 0.05) is 19.8 Å². The standard InChI is InChI=1S/C8H12Br4/c9-4-8(12)5-1-2-6(10)7(11)3-5/h5-8H,1-4H2/t5-,6+,7-,8+/m0/s1. The van der Waals surface area contributed by atoms with Gasteiger partial charge in [-0.2, -0.15) is 0 Å². The highest BCUT2D eigenvalue weighted by molar-refractivity contribution is 9.12. The molecule has 1 saturated carbocycles. The largest absolute Gasteiger partial charge is 0.0916 e. The molecule has 4 atom stereocenters. The van der Waals surface area contributed by atoms with Gasteiger partial charge >= 0.3 is 0 Å². The Bertz CT molecular complexity index is 139. The van der Waals surface area contributed by atoms with Gasteiger partial charge in [0.15, 0.2) is 0 Å². The van der Waals surface area contributed by atoms with Crippen molar-refractivity contribution < 1.29 is 0 Å². The summed E-state index contributed by atoms with van der Waals surface area (Å²) in [6, 6.07) is 0. The summed E-state index contributed by atoms with van der Waals surface area (Å²) in [7, 11) is 0. The third kappa shape index (κ3) is 3.25. The normalized spacial score (nSPS) is 39.5. The highest BCUT2D eigenvalue weighted by atomic mass is 79.9. The zero-order valence-electron chi connectivity index (χ0n) is 6.65. The van der Waals surface area contributed by atoms with Crippen LogP contribution in [0, 0.1) is 5.92 Å². The van der Waals surface area contributed by atoms with E-state index in [-0.39, 0.29) is 0 Å². The molecule has 0 saturated heterocycles. The van der Waals surface area contributed by atoms with Crippen molar-refractivity contribution >= 4 is 63.7 Å². The molecule has 0 aromatic carbocycles. The highest BCUT2D eigenvalue weighted by Gasteiger charge is 2.30. The van der Waals surface area contributed by atoms with Gasteiger partial charge < -0.3 is 0 Å². The molecule has 0 aromatic rings. The summed E-state index contributed by atoms with van der Waals surface area (Å²) in [5.41, 5.74) is 0. The van der Waals surface area contributed by atoms with Crippen LogP contribution in [0.25, 0.3) is 0 Å². The van der Waals surface area contributed by atoms with Crippen LogP contribution in [0.15, 0.2) is 0 Å². The lowest BCUT2D eigenvalue weighted by atomic mass is 9.87. The molecule has 0 spiro atoms. The average molecular weight is 428 g/mol. The maximum Gasteiger partial charge on any atom is 0.0274 e. The number of halogens is 4. The minimum Gasteiger partial charge on any atom is -0.0916 e. The van der Waals surface area contributed by atoms with Crippen molar-refractivity contribution in [1.82, 2.24) is 0 Å². The van der Waals surface area contributed by atoms with Crippen molar-refractivity contribution in [3.05, 3.63) is 0 Å². The Morgan fingerprint density at radius 2 is 1.83 bits per heavy atom. The minimum absolute atomic E-state index is 0.637. The Hall–Kier alpha value is 1.92. The molecule has 1 rings (SSSR count). The molecule has 0 nitrogen and oxygen atoms in total. The lowest BCUT2D eigenvalue weighted by Crippen LogP contribution is -2.30. The van der Waals surface area contributed by atoms with Crippen LogP contribution in [-0.4, -0.2) is 19.8 Å². The molecule has 0 amide bonds. The molecular weight excluding hydrogens is 416 g/mol. The molecule has 72 valence electrons. The molecule has 12 heavy (non-hydrogen) atoms. The molecule has 0 aliphatic heterocycles. The average Bonchev–Trinajstić information content (AvgIpc) is 2.08. The Kier molecular flexibility index (Phi) is 5.71. The van der Waals surface area contributed by atoms with Gasteiger partial charge in [-0.25, -0.2) is 0 Å². The maximum absolute atomic E-state index is 3.71. The van der Waals surface area contributed by atoms with Crippen molar-refractivity contribution in [1.29, 1.82) is 0 Å². The summed E-state index contributed by atoms with van der Waals surface area (Å²) in [6.45, 7) is 0. The van der Waals surface area contributed by atoms with E-state index in [1.165, 1.54) is 19.3 Å². The van der Waals surface area contributed by atoms with Crippen molar-refractivity contribution in [2.75, 3.05) is 5.33 Å². The fourth-order valence-corrected chi connectivity index (χ4v) is 3.80. The second kappa shape index (κ2) is 5.72. The fraction of sp³-hybridized carbons (Fsp3) is 1.00. The summed E-state index contributed by atoms with van der Waals surface area (Å²) >= 11 is 14.6. The lowest BCUT2D eigenvalue weighted by Gasteiger charge is -2.32. The summed E-state index contributed by atoms with van der Waals surface area (Å²) in [5, 5.41) is 1.06. The van der Waals surface area contributed by atoms with E-state index in [9.17, 15) is 0 Å². The smallest absolute Gasteiger partial charge is 0.0274 e. The Balaban J connectivity index is 2.39. The van der Waals surface area contributed by atoms with E-state index in [0.717, 1.165) is 11.2 Å². The van der Waals surface area contributed by atoms with Crippen molar-refractivity contribution in [3.8, 4) is 0 Å². The van der Waals surface area contributed by atoms with Gasteiger partial charge in [0.05, 0.1) is 0 Å². The van der Waals surface area contributed by atoms with Crippen LogP contribution in [0.5, 0.6) is 0 Å². The topological polar surface area (TPSA) is 0 Å². The van der Waals surface area contributed by atoms with E-state index in [2.05, 4.69) is 63.7 Å². The van der Waals surface area contributed by atoms with E-state index in [4.69, 9.17) is 0 Å². The van der Waals surface area contributed by atoms with Crippen molar-refractivity contribution in [2.24, 2.45) is 5.92 Å². The SMILES string of the molecule is BrC[C@@H](Br)[C@H]1CC[C@@H](Br)[C@@H](Br)C1. The fourth-order valence-electron chi connectivity index (χ4n) is 1.56. The van der Waals surface area contributed by atoms with Gasteiger partial charge in [-0.1, -0.05) is 63.7 Å². The van der Waals surface area contributed by atoms with Gasteiger partial charge in [0.1, 0.15) is 0 Å². The molecule has 0 unspecified atom stereocenters. The van der Waals surface area contributed by atoms with E-state index < -0.39 is 0 Å². The zero-order valence-corrected chi connectivity index (χ0v) is 13.0. The van der Waals surface area contributed by atoms with Crippen LogP contribution in [0.3, 0.4) is 0 Å². The molecule has 1 aliphatic carbocycles. The lowest BCUT2D eigenvalue weighted by molar-refractivity contribution is 0.383. The maximum atomic E-state index is 3.71. The third-order valence-electron chi connectivity index (χ3n) is 2.39. The second-order valence-electron chi connectivity index (χ2n) is 3.28. The molecule has 0 heterocycles. The van der Waals surface area contributed by atoms with Gasteiger partial charge in [0.2, 0.25) is 0 Å². The van der Waals surface area contributed by atoms with E-state index >= 15 is 0 Å². The minimum atomic E-state index is 0.637. The molecule has 0 aromatic heterocycles. The predicted octanol–water partition coefficient (Wildman–Crippen LogP) is 4.47. The van der Waals surface area contributed by atoms with Gasteiger partial charge in [-0.05, 0) is 25.2 Å². The first-order valence-electron chi connectivity index (χ1n) is 4.13. The predicted molar refractivity (Wildman–Crippen MR) is 69.3 cm³/mol. The van der Waals surface area contributed by atoms with Crippen LogP contribution in [0.1, 0.15) is 19.3 Å². The highest BCUT2D eigenvalue weighted by Crippen LogP contribution is 2.37. The Morgan fingerprint density at radius 3 is 2.33 bits per heavy atom. The summed E-state index contributed by atoms with van der Waals surface area (Å²) < 4.78 is 0. The third-order valence-corrected chi connectivity index (χ3v) is 7.85. The quantitative estimate of drug-likeness (QED) is 0.570. The molecule has 0 bridgehead atoms. The number of alkyl halides is 4. The molecule has 0 N–H and O–H groups in total. The van der Waals surface area contributed by atoms with Crippen LogP contribution < -0.4 is 0 Å². The summed E-state index contributed by atoms with van der Waals surface area (Å²) in [6.07, 6.45) is 3.90. The van der Waals surface area contributed by atoms with E-state index in [1.54, 1.807) is 0 Å². The first-order chi connectivity index (χ1) is 5.65. The van der Waals surface area contributed by atoms with Crippen LogP contribution in [-0.2, 0) is 0 Å². The Labute approximate surface area is 108 Å². The Morgan fingerprint density at radius 1 is 1.17 bits per heavy atom.